The highest BCUT2D eigenvalue weighted by Crippen LogP contribution is 2.29. The molecule has 0 saturated heterocycles. The molecule has 1 atom stereocenters. The van der Waals surface area contributed by atoms with E-state index in [1.807, 2.05) is 42.5 Å². The smallest absolute Gasteiger partial charge is 0.342 e. The third-order valence-electron chi connectivity index (χ3n) is 5.12. The maximum Gasteiger partial charge on any atom is 0.342 e. The molecule has 0 aliphatic heterocycles. The van der Waals surface area contributed by atoms with Gasteiger partial charge in [-0.25, -0.2) is 14.2 Å². The Labute approximate surface area is 220 Å². The monoisotopic (exact) mass is 533 g/mol. The van der Waals surface area contributed by atoms with Crippen LogP contribution < -0.4 is 15.2 Å². The predicted octanol–water partition coefficient (Wildman–Crippen LogP) is 4.93. The lowest BCUT2D eigenvalue weighted by molar-refractivity contribution is 0.0470. The fourth-order valence-corrected chi connectivity index (χ4v) is 3.49. The lowest BCUT2D eigenvalue weighted by atomic mass is 10.1. The lowest BCUT2D eigenvalue weighted by Crippen LogP contribution is -2.31. The fraction of sp³-hybridized carbons (Fsp3) is 0.192. The summed E-state index contributed by atoms with van der Waals surface area (Å²) >= 11 is 0. The van der Waals surface area contributed by atoms with Gasteiger partial charge in [0.15, 0.2) is 0 Å². The summed E-state index contributed by atoms with van der Waals surface area (Å²) in [5.41, 5.74) is 8.38. The molecule has 0 saturated carbocycles. The Hall–Kier alpha value is -3.46. The molecule has 4 aromatic rings. The molecule has 0 fully saturated rings. The second-order valence-electron chi connectivity index (χ2n) is 7.67. The van der Waals surface area contributed by atoms with Crippen LogP contribution in [0, 0.1) is 5.82 Å². The Bertz CT molecular complexity index is 1290. The first-order valence-electron chi connectivity index (χ1n) is 10.7. The molecule has 7 nitrogen and oxygen atoms in total. The molecule has 0 aliphatic carbocycles. The number of nitrogens with two attached hydrogens (primary N) is 1. The summed E-state index contributed by atoms with van der Waals surface area (Å²) < 4.78 is 30.6. The van der Waals surface area contributed by atoms with E-state index in [0.29, 0.717) is 23.2 Å². The molecule has 190 valence electrons. The molecule has 36 heavy (non-hydrogen) atoms. The summed E-state index contributed by atoms with van der Waals surface area (Å²) in [6.07, 6.45) is 1.54. The molecule has 2 heterocycles. The van der Waals surface area contributed by atoms with Crippen molar-refractivity contribution in [3.8, 4) is 11.6 Å². The van der Waals surface area contributed by atoms with Crippen molar-refractivity contribution in [2.45, 2.75) is 19.1 Å². The van der Waals surface area contributed by atoms with Crippen LogP contribution >= 0.6 is 24.8 Å². The topological polar surface area (TPSA) is 96.6 Å². The van der Waals surface area contributed by atoms with Crippen molar-refractivity contribution in [1.82, 2.24) is 9.97 Å². The average molecular weight is 534 g/mol. The summed E-state index contributed by atoms with van der Waals surface area (Å²) in [6, 6.07) is 18.8. The van der Waals surface area contributed by atoms with E-state index in [-0.39, 0.29) is 49.3 Å². The molecule has 2 N–H and O–H groups in total. The molecule has 0 unspecified atom stereocenters. The number of hydrogen-bond donors (Lipinski definition) is 1. The van der Waals surface area contributed by atoms with E-state index in [1.54, 1.807) is 25.3 Å². The minimum absolute atomic E-state index is 0. The Kier molecular flexibility index (Phi) is 10.9. The van der Waals surface area contributed by atoms with Crippen molar-refractivity contribution in [2.24, 2.45) is 5.73 Å². The minimum Gasteiger partial charge on any atom is -0.491 e. The highest BCUT2D eigenvalue weighted by Gasteiger charge is 2.21. The zero-order valence-electron chi connectivity index (χ0n) is 19.4. The van der Waals surface area contributed by atoms with Crippen molar-refractivity contribution in [2.75, 3.05) is 13.7 Å². The highest BCUT2D eigenvalue weighted by atomic mass is 35.5. The Morgan fingerprint density at radius 2 is 1.83 bits per heavy atom. The van der Waals surface area contributed by atoms with Crippen LogP contribution in [0.15, 0.2) is 72.9 Å². The zero-order valence-corrected chi connectivity index (χ0v) is 21.1. The number of pyridine rings is 2. The summed E-state index contributed by atoms with van der Waals surface area (Å²) in [4.78, 5) is 21.5. The summed E-state index contributed by atoms with van der Waals surface area (Å²) in [7, 11) is 1.55. The fourth-order valence-electron chi connectivity index (χ4n) is 3.49. The average Bonchev–Trinajstić information content (AvgIpc) is 2.86. The van der Waals surface area contributed by atoms with Gasteiger partial charge in [0.1, 0.15) is 30.3 Å². The number of fused-ring (bicyclic) bond motifs is 1. The van der Waals surface area contributed by atoms with E-state index in [2.05, 4.69) is 9.97 Å². The van der Waals surface area contributed by atoms with Crippen LogP contribution in [0.5, 0.6) is 11.6 Å². The van der Waals surface area contributed by atoms with Gasteiger partial charge in [-0.15, -0.1) is 24.8 Å². The van der Waals surface area contributed by atoms with Gasteiger partial charge in [0.05, 0.1) is 18.8 Å². The SMILES string of the molecule is COc1cccc(C[C@@H](N)COc2ccc3ncc(F)cc3c2C(=O)OCc2ccccc2)n1.Cl.Cl. The van der Waals surface area contributed by atoms with E-state index in [4.69, 9.17) is 19.9 Å². The zero-order chi connectivity index (χ0) is 23.9. The second-order valence-corrected chi connectivity index (χ2v) is 7.67. The molecular formula is C26H26Cl2FN3O4. The number of hydrogen-bond acceptors (Lipinski definition) is 7. The first kappa shape index (κ1) is 28.8. The number of ether oxygens (including phenoxy) is 3. The van der Waals surface area contributed by atoms with Crippen molar-refractivity contribution in [3.05, 3.63) is 95.6 Å². The number of carbonyl (C=O) groups is 1. The lowest BCUT2D eigenvalue weighted by Gasteiger charge is -2.17. The third-order valence-corrected chi connectivity index (χ3v) is 5.12. The molecule has 0 spiro atoms. The number of benzene rings is 2. The molecule has 2 aromatic carbocycles. The Balaban J connectivity index is 0.00000228. The Morgan fingerprint density at radius 1 is 1.06 bits per heavy atom. The number of nitrogens with zero attached hydrogens (tertiary/aromatic N) is 2. The van der Waals surface area contributed by atoms with Gasteiger partial charge in [-0.05, 0) is 29.8 Å². The molecule has 0 bridgehead atoms. The summed E-state index contributed by atoms with van der Waals surface area (Å²) in [5, 5.41) is 0.304. The standard InChI is InChI=1S/C26H24FN3O4.2ClH/c1-32-24-9-5-8-20(30-24)13-19(28)16-33-23-11-10-22-21(12-18(27)14-29-22)25(23)26(31)34-15-17-6-3-2-4-7-17;;/h2-12,14,19H,13,15-16,28H2,1H3;2*1H/t19-;;/m1../s1. The molecule has 0 amide bonds. The molecular weight excluding hydrogens is 508 g/mol. The third kappa shape index (κ3) is 7.27. The summed E-state index contributed by atoms with van der Waals surface area (Å²) in [6.45, 7) is 0.172. The van der Waals surface area contributed by atoms with Crippen LogP contribution in [0.4, 0.5) is 4.39 Å². The van der Waals surface area contributed by atoms with Gasteiger partial charge in [0.2, 0.25) is 5.88 Å². The van der Waals surface area contributed by atoms with Crippen molar-refractivity contribution >= 4 is 41.7 Å². The number of halogens is 3. The predicted molar refractivity (Wildman–Crippen MR) is 140 cm³/mol. The number of esters is 1. The van der Waals surface area contributed by atoms with E-state index in [9.17, 15) is 9.18 Å². The summed E-state index contributed by atoms with van der Waals surface area (Å²) in [5.74, 6) is -0.465. The van der Waals surface area contributed by atoms with Crippen LogP contribution in [-0.2, 0) is 17.8 Å². The normalized spacial score (nSPS) is 11.1. The number of methoxy groups -OCH3 is 1. The molecule has 0 radical (unpaired) electrons. The van der Waals surface area contributed by atoms with Gasteiger partial charge in [-0.2, -0.15) is 0 Å². The van der Waals surface area contributed by atoms with E-state index < -0.39 is 17.8 Å². The highest BCUT2D eigenvalue weighted by molar-refractivity contribution is 6.06. The largest absolute Gasteiger partial charge is 0.491 e. The van der Waals surface area contributed by atoms with Gasteiger partial charge in [-0.1, -0.05) is 36.4 Å². The van der Waals surface area contributed by atoms with E-state index >= 15 is 0 Å². The van der Waals surface area contributed by atoms with Gasteiger partial charge >= 0.3 is 5.97 Å². The molecule has 2 aromatic heterocycles. The van der Waals surface area contributed by atoms with Crippen LogP contribution in [0.3, 0.4) is 0 Å². The maximum absolute atomic E-state index is 14.0. The molecule has 10 heteroatoms. The van der Waals surface area contributed by atoms with Gasteiger partial charge in [-0.3, -0.25) is 4.98 Å². The van der Waals surface area contributed by atoms with Crippen LogP contribution in [-0.4, -0.2) is 35.7 Å². The van der Waals surface area contributed by atoms with Crippen LogP contribution in [0.1, 0.15) is 21.6 Å². The van der Waals surface area contributed by atoms with E-state index in [0.717, 1.165) is 17.5 Å². The van der Waals surface area contributed by atoms with Crippen molar-refractivity contribution < 1.29 is 23.4 Å². The second kappa shape index (κ2) is 13.6. The molecule has 0 aliphatic rings. The first-order chi connectivity index (χ1) is 16.5. The molecule has 4 rings (SSSR count). The quantitative estimate of drug-likeness (QED) is 0.304. The van der Waals surface area contributed by atoms with Crippen molar-refractivity contribution in [1.29, 1.82) is 0 Å². The maximum atomic E-state index is 14.0. The van der Waals surface area contributed by atoms with Gasteiger partial charge in [0.25, 0.3) is 0 Å². The van der Waals surface area contributed by atoms with E-state index in [1.165, 1.54) is 6.07 Å². The number of aromatic nitrogens is 2. The first-order valence-corrected chi connectivity index (χ1v) is 10.7. The van der Waals surface area contributed by atoms with Crippen LogP contribution in [0.25, 0.3) is 10.9 Å². The number of carbonyl (C=O) groups excluding carboxylic acids is 1. The Morgan fingerprint density at radius 3 is 2.58 bits per heavy atom. The minimum atomic E-state index is -0.639. The van der Waals surface area contributed by atoms with Crippen LogP contribution in [0.2, 0.25) is 0 Å². The van der Waals surface area contributed by atoms with Crippen molar-refractivity contribution in [3.63, 3.8) is 0 Å². The van der Waals surface area contributed by atoms with Gasteiger partial charge in [0, 0.05) is 29.6 Å². The van der Waals surface area contributed by atoms with Gasteiger partial charge < -0.3 is 19.9 Å². The number of rotatable bonds is 9.